The van der Waals surface area contributed by atoms with Crippen LogP contribution >= 0.6 is 0 Å². The number of aromatic nitrogens is 1. The van der Waals surface area contributed by atoms with Crippen molar-refractivity contribution in [3.05, 3.63) is 12.0 Å². The second-order valence-corrected chi connectivity index (χ2v) is 3.36. The maximum atomic E-state index is 8.84. The van der Waals surface area contributed by atoms with Crippen LogP contribution in [0.15, 0.2) is 10.7 Å². The highest BCUT2D eigenvalue weighted by Gasteiger charge is 2.15. The van der Waals surface area contributed by atoms with E-state index in [4.69, 9.17) is 9.52 Å². The largest absolute Gasteiger partial charge is 0.432 e. The van der Waals surface area contributed by atoms with Crippen molar-refractivity contribution in [3.63, 3.8) is 0 Å². The van der Waals surface area contributed by atoms with Crippen LogP contribution in [-0.4, -0.2) is 23.2 Å². The average molecular weight is 198 g/mol. The van der Waals surface area contributed by atoms with Crippen molar-refractivity contribution < 1.29 is 9.52 Å². The van der Waals surface area contributed by atoms with E-state index >= 15 is 0 Å². The van der Waals surface area contributed by atoms with Crippen molar-refractivity contribution in [2.24, 2.45) is 0 Å². The summed E-state index contributed by atoms with van der Waals surface area (Å²) in [5.74, 6) is 0. The average Bonchev–Trinajstić information content (AvgIpc) is 2.67. The van der Waals surface area contributed by atoms with E-state index in [2.05, 4.69) is 18.8 Å². The molecule has 1 N–H and O–H groups in total. The molecule has 4 heteroatoms. The summed E-state index contributed by atoms with van der Waals surface area (Å²) >= 11 is 0. The van der Waals surface area contributed by atoms with Gasteiger partial charge in [-0.15, -0.1) is 0 Å². The zero-order valence-corrected chi connectivity index (χ0v) is 9.03. The molecule has 0 aromatic carbocycles. The van der Waals surface area contributed by atoms with Gasteiger partial charge in [0.2, 0.25) is 0 Å². The molecule has 0 bridgehead atoms. The molecule has 1 heterocycles. The van der Waals surface area contributed by atoms with Crippen molar-refractivity contribution >= 4 is 6.01 Å². The minimum absolute atomic E-state index is 0.0692. The third-order valence-electron chi connectivity index (χ3n) is 2.49. The second-order valence-electron chi connectivity index (χ2n) is 3.36. The molecule has 0 aliphatic heterocycles. The van der Waals surface area contributed by atoms with Crippen LogP contribution in [0.25, 0.3) is 0 Å². The fourth-order valence-electron chi connectivity index (χ4n) is 1.52. The summed E-state index contributed by atoms with van der Waals surface area (Å²) in [6.45, 7) is 4.21. The predicted octanol–water partition coefficient (Wildman–Crippen LogP) is 1.79. The summed E-state index contributed by atoms with van der Waals surface area (Å²) in [5.41, 5.74) is 0.581. The summed E-state index contributed by atoms with van der Waals surface area (Å²) < 4.78 is 5.26. The highest BCUT2D eigenvalue weighted by atomic mass is 16.4. The summed E-state index contributed by atoms with van der Waals surface area (Å²) in [6.07, 6.45) is 3.61. The fraction of sp³-hybridized carbons (Fsp3) is 0.700. The van der Waals surface area contributed by atoms with Gasteiger partial charge >= 0.3 is 0 Å². The number of aliphatic hydroxyl groups is 1. The Bertz CT molecular complexity index is 269. The smallest absolute Gasteiger partial charge is 0.297 e. The third-order valence-corrected chi connectivity index (χ3v) is 2.49. The maximum Gasteiger partial charge on any atom is 0.297 e. The maximum absolute atomic E-state index is 8.84. The molecule has 0 spiro atoms. The van der Waals surface area contributed by atoms with E-state index in [9.17, 15) is 0 Å². The molecular weight excluding hydrogens is 180 g/mol. The molecule has 0 radical (unpaired) electrons. The Balaban J connectivity index is 2.72. The first-order chi connectivity index (χ1) is 6.72. The number of oxazole rings is 1. The Hall–Kier alpha value is -1.03. The van der Waals surface area contributed by atoms with Crippen LogP contribution in [0.2, 0.25) is 0 Å². The van der Waals surface area contributed by atoms with Gasteiger partial charge in [0.1, 0.15) is 12.0 Å². The summed E-state index contributed by atoms with van der Waals surface area (Å²) in [7, 11) is 1.96. The number of nitrogens with zero attached hydrogens (tertiary/aromatic N) is 2. The quantitative estimate of drug-likeness (QED) is 0.783. The summed E-state index contributed by atoms with van der Waals surface area (Å²) in [4.78, 5) is 6.17. The van der Waals surface area contributed by atoms with Gasteiger partial charge < -0.3 is 14.4 Å². The Morgan fingerprint density at radius 3 is 2.57 bits per heavy atom. The molecule has 1 aromatic heterocycles. The lowest BCUT2D eigenvalue weighted by molar-refractivity contribution is 0.276. The lowest BCUT2D eigenvalue weighted by atomic mass is 10.1. The van der Waals surface area contributed by atoms with Gasteiger partial charge in [0.05, 0.1) is 6.61 Å². The molecule has 0 saturated carbocycles. The molecule has 4 nitrogen and oxygen atoms in total. The van der Waals surface area contributed by atoms with Gasteiger partial charge in [0, 0.05) is 13.1 Å². The van der Waals surface area contributed by atoms with Crippen LogP contribution in [0.4, 0.5) is 6.01 Å². The second kappa shape index (κ2) is 5.00. The molecule has 0 amide bonds. The lowest BCUT2D eigenvalue weighted by Gasteiger charge is -2.24. The standard InChI is InChI=1S/C10H18N2O2/c1-4-9(5-2)12(3)10-11-8(6-13)7-14-10/h7,9,13H,4-6H2,1-3H3. The van der Waals surface area contributed by atoms with Gasteiger partial charge in [-0.25, -0.2) is 0 Å². The van der Waals surface area contributed by atoms with Gasteiger partial charge in [-0.1, -0.05) is 13.8 Å². The molecule has 0 fully saturated rings. The Morgan fingerprint density at radius 2 is 2.14 bits per heavy atom. The molecule has 80 valence electrons. The Labute approximate surface area is 84.6 Å². The highest BCUT2D eigenvalue weighted by Crippen LogP contribution is 2.17. The van der Waals surface area contributed by atoms with Gasteiger partial charge in [0.15, 0.2) is 0 Å². The molecule has 0 aliphatic carbocycles. The summed E-state index contributed by atoms with van der Waals surface area (Å²) in [6, 6.07) is 1.03. The Morgan fingerprint density at radius 1 is 1.50 bits per heavy atom. The highest BCUT2D eigenvalue weighted by molar-refractivity contribution is 5.27. The number of rotatable bonds is 5. The van der Waals surface area contributed by atoms with Gasteiger partial charge in [-0.05, 0) is 12.8 Å². The SMILES string of the molecule is CCC(CC)N(C)c1nc(CO)co1. The first-order valence-corrected chi connectivity index (χ1v) is 5.01. The fourth-order valence-corrected chi connectivity index (χ4v) is 1.52. The van der Waals surface area contributed by atoms with Crippen LogP contribution in [0, 0.1) is 0 Å². The number of anilines is 1. The van der Waals surface area contributed by atoms with Gasteiger partial charge in [-0.3, -0.25) is 0 Å². The first kappa shape index (κ1) is 11.0. The van der Waals surface area contributed by atoms with Crippen molar-refractivity contribution in [2.45, 2.75) is 39.3 Å². The van der Waals surface area contributed by atoms with Crippen molar-refractivity contribution in [1.82, 2.24) is 4.98 Å². The molecule has 0 atom stereocenters. The number of aliphatic hydroxyl groups excluding tert-OH is 1. The van der Waals surface area contributed by atoms with E-state index in [1.807, 2.05) is 11.9 Å². The predicted molar refractivity (Wildman–Crippen MR) is 55.2 cm³/mol. The van der Waals surface area contributed by atoms with E-state index in [1.54, 1.807) is 0 Å². The van der Waals surface area contributed by atoms with Crippen molar-refractivity contribution in [3.8, 4) is 0 Å². The van der Waals surface area contributed by atoms with E-state index < -0.39 is 0 Å². The molecule has 0 aliphatic rings. The lowest BCUT2D eigenvalue weighted by Crippen LogP contribution is -2.30. The van der Waals surface area contributed by atoms with Crippen LogP contribution in [0.5, 0.6) is 0 Å². The van der Waals surface area contributed by atoms with E-state index in [0.717, 1.165) is 12.8 Å². The van der Waals surface area contributed by atoms with E-state index in [0.29, 0.717) is 17.8 Å². The molecule has 1 aromatic rings. The van der Waals surface area contributed by atoms with E-state index in [1.165, 1.54) is 6.26 Å². The normalized spacial score (nSPS) is 10.9. The van der Waals surface area contributed by atoms with Crippen LogP contribution in [0.3, 0.4) is 0 Å². The van der Waals surface area contributed by atoms with Crippen molar-refractivity contribution in [2.75, 3.05) is 11.9 Å². The minimum Gasteiger partial charge on any atom is -0.432 e. The van der Waals surface area contributed by atoms with Gasteiger partial charge in [0.25, 0.3) is 6.01 Å². The van der Waals surface area contributed by atoms with Crippen LogP contribution in [0.1, 0.15) is 32.4 Å². The molecule has 0 saturated heterocycles. The van der Waals surface area contributed by atoms with Crippen LogP contribution in [-0.2, 0) is 6.61 Å². The molecule has 0 unspecified atom stereocenters. The number of hydrogen-bond donors (Lipinski definition) is 1. The van der Waals surface area contributed by atoms with Crippen molar-refractivity contribution in [1.29, 1.82) is 0 Å². The van der Waals surface area contributed by atoms with Crippen LogP contribution < -0.4 is 4.90 Å². The zero-order chi connectivity index (χ0) is 10.6. The molecule has 14 heavy (non-hydrogen) atoms. The number of hydrogen-bond acceptors (Lipinski definition) is 4. The topological polar surface area (TPSA) is 49.5 Å². The zero-order valence-electron chi connectivity index (χ0n) is 9.03. The Kier molecular flexibility index (Phi) is 3.95. The molecular formula is C10H18N2O2. The molecule has 1 rings (SSSR count). The minimum atomic E-state index is -0.0692. The summed E-state index contributed by atoms with van der Waals surface area (Å²) in [5, 5.41) is 8.84. The van der Waals surface area contributed by atoms with Gasteiger partial charge in [-0.2, -0.15) is 4.98 Å². The first-order valence-electron chi connectivity index (χ1n) is 5.01. The third kappa shape index (κ3) is 2.26. The monoisotopic (exact) mass is 198 g/mol. The van der Waals surface area contributed by atoms with E-state index in [-0.39, 0.29) is 6.61 Å².